The maximum Gasteiger partial charge on any atom is 0.338 e. The highest BCUT2D eigenvalue weighted by Gasteiger charge is 2.15. The van der Waals surface area contributed by atoms with Gasteiger partial charge in [0.1, 0.15) is 15.9 Å². The summed E-state index contributed by atoms with van der Waals surface area (Å²) in [6, 6.07) is 9.23. The van der Waals surface area contributed by atoms with Gasteiger partial charge in [0.15, 0.2) is 0 Å². The Morgan fingerprint density at radius 3 is 2.08 bits per heavy atom. The van der Waals surface area contributed by atoms with Crippen LogP contribution in [0.15, 0.2) is 41.3 Å². The van der Waals surface area contributed by atoms with Crippen LogP contribution in [0.2, 0.25) is 0 Å². The first kappa shape index (κ1) is 16.5. The zero-order valence-corrected chi connectivity index (χ0v) is 13.1. The number of aromatic carboxylic acids is 1. The zero-order chi connectivity index (χ0) is 18.0. The molecule has 0 radical (unpaired) electrons. The van der Waals surface area contributed by atoms with Gasteiger partial charge in [-0.15, -0.1) is 10.2 Å². The van der Waals surface area contributed by atoms with Crippen LogP contribution < -0.4 is 0 Å². The summed E-state index contributed by atoms with van der Waals surface area (Å²) < 4.78 is 30.4. The second-order valence-electron chi connectivity index (χ2n) is 4.76. The predicted molar refractivity (Wildman–Crippen MR) is 84.6 cm³/mol. The van der Waals surface area contributed by atoms with Crippen molar-refractivity contribution in [3.8, 4) is 0 Å². The van der Waals surface area contributed by atoms with E-state index in [9.17, 15) is 13.2 Å². The molecule has 0 amide bonds. The van der Waals surface area contributed by atoms with Gasteiger partial charge < -0.3 is 5.11 Å². The van der Waals surface area contributed by atoms with Crippen LogP contribution in [-0.2, 0) is 10.1 Å². The number of carbonyl (C=O) groups is 1. The van der Waals surface area contributed by atoms with Crippen molar-refractivity contribution in [3.63, 3.8) is 0 Å². The van der Waals surface area contributed by atoms with Gasteiger partial charge in [-0.05, 0) is 24.3 Å². The minimum Gasteiger partial charge on any atom is -0.478 e. The molecule has 0 aliphatic carbocycles. The van der Waals surface area contributed by atoms with Gasteiger partial charge in [0.25, 0.3) is 10.1 Å². The van der Waals surface area contributed by atoms with E-state index in [0.29, 0.717) is 16.6 Å². The van der Waals surface area contributed by atoms with Crippen molar-refractivity contribution >= 4 is 38.2 Å². The summed E-state index contributed by atoms with van der Waals surface area (Å²) in [7, 11) is -4.22. The molecule has 4 rings (SSSR count). The molecule has 0 fully saturated rings. The Kier molecular flexibility index (Phi) is 4.12. The van der Waals surface area contributed by atoms with Gasteiger partial charge >= 0.3 is 5.97 Å². The molecule has 2 heterocycles. The molecule has 0 bridgehead atoms. The number of fused-ring (bicyclic) bond motifs is 2. The van der Waals surface area contributed by atoms with E-state index in [2.05, 4.69) is 30.8 Å². The first-order valence-corrected chi connectivity index (χ1v) is 8.12. The molecule has 128 valence electrons. The molecule has 2 aromatic carbocycles. The maximum absolute atomic E-state index is 10.8. The van der Waals surface area contributed by atoms with Gasteiger partial charge in [-0.25, -0.2) is 4.79 Å². The molecule has 12 heteroatoms. The van der Waals surface area contributed by atoms with Gasteiger partial charge in [0.2, 0.25) is 0 Å². The summed E-state index contributed by atoms with van der Waals surface area (Å²) in [4.78, 5) is 10.4. The number of aromatic nitrogens is 6. The average molecular weight is 362 g/mol. The number of carboxylic acid groups (broad SMARTS) is 1. The van der Waals surface area contributed by atoms with Gasteiger partial charge in [-0.3, -0.25) is 14.8 Å². The van der Waals surface area contributed by atoms with Gasteiger partial charge in [-0.1, -0.05) is 22.6 Å². The Labute approximate surface area is 139 Å². The van der Waals surface area contributed by atoms with Crippen LogP contribution in [-0.4, -0.2) is 54.9 Å². The number of rotatable bonds is 2. The van der Waals surface area contributed by atoms with E-state index in [1.165, 1.54) is 18.2 Å². The lowest BCUT2D eigenvalue weighted by Crippen LogP contribution is -1.98. The summed E-state index contributed by atoms with van der Waals surface area (Å²) in [6.07, 6.45) is 0. The van der Waals surface area contributed by atoms with Crippen LogP contribution in [0, 0.1) is 0 Å². The fraction of sp³-hybridized carbons (Fsp3) is 0. The monoisotopic (exact) mass is 362 g/mol. The molecule has 4 N–H and O–H groups in total. The number of hydrogen-bond acceptors (Lipinski definition) is 7. The first-order valence-electron chi connectivity index (χ1n) is 6.68. The Morgan fingerprint density at radius 2 is 1.48 bits per heavy atom. The molecule has 0 spiro atoms. The molecular formula is C13H10N6O5S. The Hall–Kier alpha value is -3.38. The topological polar surface area (TPSA) is 175 Å². The molecule has 0 aliphatic heterocycles. The molecule has 2 aromatic heterocycles. The fourth-order valence-corrected chi connectivity index (χ4v) is 2.74. The lowest BCUT2D eigenvalue weighted by Gasteiger charge is -1.95. The molecule has 0 atom stereocenters. The quantitative estimate of drug-likeness (QED) is 0.377. The Bertz CT molecular complexity index is 1170. The highest BCUT2D eigenvalue weighted by Crippen LogP contribution is 2.18. The number of hydrogen-bond donors (Lipinski definition) is 4. The summed E-state index contributed by atoms with van der Waals surface area (Å²) in [6.45, 7) is 0. The van der Waals surface area contributed by atoms with Crippen molar-refractivity contribution in [1.29, 1.82) is 0 Å². The first-order chi connectivity index (χ1) is 11.9. The zero-order valence-electron chi connectivity index (χ0n) is 12.3. The second kappa shape index (κ2) is 6.26. The van der Waals surface area contributed by atoms with Crippen molar-refractivity contribution < 1.29 is 22.9 Å². The van der Waals surface area contributed by atoms with Gasteiger partial charge in [0, 0.05) is 0 Å². The lowest BCUT2D eigenvalue weighted by atomic mass is 10.2. The van der Waals surface area contributed by atoms with Crippen molar-refractivity contribution in [2.45, 2.75) is 4.90 Å². The van der Waals surface area contributed by atoms with Crippen LogP contribution in [0.25, 0.3) is 22.1 Å². The van der Waals surface area contributed by atoms with Crippen molar-refractivity contribution in [2.75, 3.05) is 0 Å². The fourth-order valence-electron chi connectivity index (χ4n) is 2.10. The minimum absolute atomic E-state index is 0.144. The summed E-state index contributed by atoms with van der Waals surface area (Å²) in [5, 5.41) is 27.9. The smallest absolute Gasteiger partial charge is 0.338 e. The molecule has 4 aromatic rings. The lowest BCUT2D eigenvalue weighted by molar-refractivity contribution is 0.0698. The number of H-pyrrole nitrogens is 2. The summed E-state index contributed by atoms with van der Waals surface area (Å²) in [5.74, 6) is -0.991. The third-order valence-electron chi connectivity index (χ3n) is 3.18. The SMILES string of the molecule is O=C(O)c1cccc2[nH]nnc12.O=S(=O)(O)c1cccc2[nH]nnc12. The van der Waals surface area contributed by atoms with E-state index < -0.39 is 16.1 Å². The Morgan fingerprint density at radius 1 is 0.920 bits per heavy atom. The molecule has 25 heavy (non-hydrogen) atoms. The number of carboxylic acids is 1. The van der Waals surface area contributed by atoms with Gasteiger partial charge in [-0.2, -0.15) is 8.42 Å². The average Bonchev–Trinajstić information content (AvgIpc) is 3.22. The van der Waals surface area contributed by atoms with E-state index in [1.807, 2.05) is 0 Å². The van der Waals surface area contributed by atoms with Crippen LogP contribution in [0.1, 0.15) is 10.4 Å². The van der Waals surface area contributed by atoms with E-state index in [1.54, 1.807) is 18.2 Å². The maximum atomic E-state index is 10.8. The van der Waals surface area contributed by atoms with Crippen LogP contribution >= 0.6 is 0 Å². The second-order valence-corrected chi connectivity index (χ2v) is 6.15. The third kappa shape index (κ3) is 3.29. The van der Waals surface area contributed by atoms with E-state index in [-0.39, 0.29) is 16.0 Å². The van der Waals surface area contributed by atoms with E-state index in [4.69, 9.17) is 9.66 Å². The molecule has 0 saturated heterocycles. The molecular weight excluding hydrogens is 352 g/mol. The van der Waals surface area contributed by atoms with E-state index >= 15 is 0 Å². The minimum atomic E-state index is -4.22. The highest BCUT2D eigenvalue weighted by atomic mass is 32.2. The van der Waals surface area contributed by atoms with Crippen molar-refractivity contribution in [1.82, 2.24) is 30.8 Å². The van der Waals surface area contributed by atoms with E-state index in [0.717, 1.165) is 0 Å². The largest absolute Gasteiger partial charge is 0.478 e. The van der Waals surface area contributed by atoms with Crippen LogP contribution in [0.5, 0.6) is 0 Å². The van der Waals surface area contributed by atoms with Crippen LogP contribution in [0.4, 0.5) is 0 Å². The van der Waals surface area contributed by atoms with Crippen LogP contribution in [0.3, 0.4) is 0 Å². The number of benzene rings is 2. The summed E-state index contributed by atoms with van der Waals surface area (Å²) in [5.41, 5.74) is 1.81. The number of nitrogens with zero attached hydrogens (tertiary/aromatic N) is 4. The molecule has 0 unspecified atom stereocenters. The highest BCUT2D eigenvalue weighted by molar-refractivity contribution is 7.86. The molecule has 0 saturated carbocycles. The normalized spacial score (nSPS) is 11.2. The third-order valence-corrected chi connectivity index (χ3v) is 4.07. The van der Waals surface area contributed by atoms with Crippen molar-refractivity contribution in [3.05, 3.63) is 42.0 Å². The molecule has 11 nitrogen and oxygen atoms in total. The standard InChI is InChI=1S/C7H5N3O2.C6H5N3O3S/c11-7(12)4-2-1-3-5-6(4)9-10-8-5;10-13(11,12)5-3-1-2-4-6(5)8-9-7-4/h1-3H,(H,11,12)(H,8,9,10);1-3H,(H,7,8,9)(H,10,11,12). The number of aromatic amines is 2. The van der Waals surface area contributed by atoms with Gasteiger partial charge in [0.05, 0.1) is 16.6 Å². The predicted octanol–water partition coefficient (Wildman–Crippen LogP) is 0.861. The Balaban J connectivity index is 0.000000146. The summed E-state index contributed by atoms with van der Waals surface area (Å²) >= 11 is 0. The molecule has 0 aliphatic rings. The van der Waals surface area contributed by atoms with Crippen molar-refractivity contribution in [2.24, 2.45) is 0 Å². The number of nitrogens with one attached hydrogen (secondary N) is 2.